The molecule has 2 nitrogen and oxygen atoms in total. The molecule has 0 aromatic heterocycles. The van der Waals surface area contributed by atoms with Gasteiger partial charge < -0.3 is 11.1 Å². The van der Waals surface area contributed by atoms with Gasteiger partial charge in [0, 0.05) is 6.54 Å². The molecule has 0 heterocycles. The van der Waals surface area contributed by atoms with E-state index in [1.807, 2.05) is 30.3 Å². The number of nitrogens with one attached hydrogen (secondary N) is 1. The zero-order valence-corrected chi connectivity index (χ0v) is 11.0. The fourth-order valence-corrected chi connectivity index (χ4v) is 1.96. The Kier molecular flexibility index (Phi) is 4.47. The highest BCUT2D eigenvalue weighted by molar-refractivity contribution is 5.49. The summed E-state index contributed by atoms with van der Waals surface area (Å²) in [6.07, 6.45) is -4.56. The molecular formula is C15H14F4N2. The summed E-state index contributed by atoms with van der Waals surface area (Å²) in [4.78, 5) is 0. The molecule has 21 heavy (non-hydrogen) atoms. The van der Waals surface area contributed by atoms with Gasteiger partial charge in [-0.1, -0.05) is 30.3 Å². The summed E-state index contributed by atoms with van der Waals surface area (Å²) in [5, 5.41) is 2.82. The summed E-state index contributed by atoms with van der Waals surface area (Å²) >= 11 is 0. The second-order valence-corrected chi connectivity index (χ2v) is 4.54. The maximum absolute atomic E-state index is 13.8. The lowest BCUT2D eigenvalue weighted by Gasteiger charge is -2.19. The molecule has 2 aromatic carbocycles. The van der Waals surface area contributed by atoms with Crippen LogP contribution in [0.2, 0.25) is 0 Å². The Balaban J connectivity index is 2.23. The molecule has 2 rings (SSSR count). The van der Waals surface area contributed by atoms with Gasteiger partial charge in [0.1, 0.15) is 5.82 Å². The van der Waals surface area contributed by atoms with Crippen molar-refractivity contribution in [2.24, 2.45) is 5.73 Å². The maximum Gasteiger partial charge on any atom is 0.416 e. The van der Waals surface area contributed by atoms with Gasteiger partial charge in [0.15, 0.2) is 0 Å². The van der Waals surface area contributed by atoms with Crippen LogP contribution >= 0.6 is 0 Å². The van der Waals surface area contributed by atoms with Crippen LogP contribution in [0, 0.1) is 5.82 Å². The van der Waals surface area contributed by atoms with Crippen molar-refractivity contribution in [3.63, 3.8) is 0 Å². The van der Waals surface area contributed by atoms with Crippen LogP contribution in [0.25, 0.3) is 0 Å². The predicted molar refractivity (Wildman–Crippen MR) is 73.3 cm³/mol. The lowest BCUT2D eigenvalue weighted by atomic mass is 10.1. The number of nitrogens with two attached hydrogens (primary N) is 1. The van der Waals surface area contributed by atoms with Gasteiger partial charge in [-0.25, -0.2) is 4.39 Å². The molecule has 0 bridgehead atoms. The predicted octanol–water partition coefficient (Wildman–Crippen LogP) is 3.96. The number of hydrogen-bond donors (Lipinski definition) is 2. The molecule has 0 aliphatic heterocycles. The molecule has 3 N–H and O–H groups in total. The van der Waals surface area contributed by atoms with Gasteiger partial charge in [-0.3, -0.25) is 0 Å². The third-order valence-corrected chi connectivity index (χ3v) is 3.06. The van der Waals surface area contributed by atoms with Gasteiger partial charge in [0.25, 0.3) is 0 Å². The van der Waals surface area contributed by atoms with Crippen LogP contribution in [0.1, 0.15) is 17.2 Å². The van der Waals surface area contributed by atoms with E-state index in [1.54, 1.807) is 0 Å². The van der Waals surface area contributed by atoms with Crippen LogP contribution in [0.3, 0.4) is 0 Å². The van der Waals surface area contributed by atoms with Crippen molar-refractivity contribution in [2.75, 3.05) is 11.9 Å². The second-order valence-electron chi connectivity index (χ2n) is 4.54. The monoisotopic (exact) mass is 298 g/mol. The maximum atomic E-state index is 13.8. The molecule has 6 heteroatoms. The van der Waals surface area contributed by atoms with E-state index in [9.17, 15) is 17.6 Å². The minimum atomic E-state index is -4.56. The van der Waals surface area contributed by atoms with E-state index in [0.717, 1.165) is 17.7 Å². The summed E-state index contributed by atoms with van der Waals surface area (Å²) in [7, 11) is 0. The quantitative estimate of drug-likeness (QED) is 0.839. The van der Waals surface area contributed by atoms with E-state index in [4.69, 9.17) is 5.73 Å². The van der Waals surface area contributed by atoms with Gasteiger partial charge in [-0.05, 0) is 23.8 Å². The number of anilines is 1. The standard InChI is InChI=1S/C15H14F4N2/c16-12-8-11(15(17,18)19)6-7-13(12)21-14(9-20)10-4-2-1-3-5-10/h1-8,14,21H,9,20H2. The van der Waals surface area contributed by atoms with Crippen molar-refractivity contribution in [1.29, 1.82) is 0 Å². The number of hydrogen-bond acceptors (Lipinski definition) is 2. The average molecular weight is 298 g/mol. The zero-order valence-electron chi connectivity index (χ0n) is 11.0. The molecular weight excluding hydrogens is 284 g/mol. The Labute approximate surface area is 119 Å². The van der Waals surface area contributed by atoms with Crippen molar-refractivity contribution >= 4 is 5.69 Å². The fraction of sp³-hybridized carbons (Fsp3) is 0.200. The first-order valence-corrected chi connectivity index (χ1v) is 6.30. The summed E-state index contributed by atoms with van der Waals surface area (Å²) in [5.41, 5.74) is 5.44. The first-order valence-electron chi connectivity index (χ1n) is 6.30. The van der Waals surface area contributed by atoms with Crippen molar-refractivity contribution in [2.45, 2.75) is 12.2 Å². The first kappa shape index (κ1) is 15.3. The Morgan fingerprint density at radius 1 is 1.05 bits per heavy atom. The molecule has 112 valence electrons. The molecule has 0 aliphatic rings. The van der Waals surface area contributed by atoms with E-state index >= 15 is 0 Å². The van der Waals surface area contributed by atoms with Crippen LogP contribution < -0.4 is 11.1 Å². The summed E-state index contributed by atoms with van der Waals surface area (Å²) in [6, 6.07) is 11.1. The zero-order chi connectivity index (χ0) is 15.5. The lowest BCUT2D eigenvalue weighted by Crippen LogP contribution is -2.21. The van der Waals surface area contributed by atoms with Crippen molar-refractivity contribution in [3.05, 3.63) is 65.5 Å². The van der Waals surface area contributed by atoms with Gasteiger partial charge in [-0.15, -0.1) is 0 Å². The van der Waals surface area contributed by atoms with Crippen molar-refractivity contribution < 1.29 is 17.6 Å². The molecule has 0 saturated carbocycles. The van der Waals surface area contributed by atoms with Gasteiger partial charge in [-0.2, -0.15) is 13.2 Å². The summed E-state index contributed by atoms with van der Waals surface area (Å²) in [6.45, 7) is 0.185. The van der Waals surface area contributed by atoms with E-state index in [1.165, 1.54) is 0 Å². The van der Waals surface area contributed by atoms with Gasteiger partial charge in [0.2, 0.25) is 0 Å². The Hall–Kier alpha value is -2.08. The Morgan fingerprint density at radius 2 is 1.71 bits per heavy atom. The van der Waals surface area contributed by atoms with Crippen LogP contribution in [-0.2, 0) is 6.18 Å². The smallest absolute Gasteiger partial charge is 0.375 e. The second kappa shape index (κ2) is 6.13. The lowest BCUT2D eigenvalue weighted by molar-refractivity contribution is -0.137. The van der Waals surface area contributed by atoms with E-state index < -0.39 is 17.6 Å². The Bertz CT molecular complexity index is 596. The minimum absolute atomic E-state index is 0.0118. The Morgan fingerprint density at radius 3 is 2.24 bits per heavy atom. The molecule has 0 fully saturated rings. The molecule has 2 aromatic rings. The van der Waals surface area contributed by atoms with Crippen LogP contribution in [-0.4, -0.2) is 6.54 Å². The largest absolute Gasteiger partial charge is 0.416 e. The molecule has 0 radical (unpaired) electrons. The van der Waals surface area contributed by atoms with E-state index in [0.29, 0.717) is 6.07 Å². The molecule has 0 aliphatic carbocycles. The topological polar surface area (TPSA) is 38.0 Å². The summed E-state index contributed by atoms with van der Waals surface area (Å²) < 4.78 is 51.2. The van der Waals surface area contributed by atoms with Crippen LogP contribution in [0.4, 0.5) is 23.2 Å². The van der Waals surface area contributed by atoms with Gasteiger partial charge in [0.05, 0.1) is 17.3 Å². The molecule has 0 saturated heterocycles. The molecule has 1 atom stereocenters. The third kappa shape index (κ3) is 3.72. The van der Waals surface area contributed by atoms with Gasteiger partial charge >= 0.3 is 6.18 Å². The third-order valence-electron chi connectivity index (χ3n) is 3.06. The highest BCUT2D eigenvalue weighted by Crippen LogP contribution is 2.32. The SMILES string of the molecule is NCC(Nc1ccc(C(F)(F)F)cc1F)c1ccccc1. The molecule has 0 amide bonds. The first-order chi connectivity index (χ1) is 9.91. The number of halogens is 4. The normalized spacial score (nSPS) is 13.0. The molecule has 0 spiro atoms. The number of benzene rings is 2. The number of alkyl halides is 3. The van der Waals surface area contributed by atoms with E-state index in [-0.39, 0.29) is 18.3 Å². The average Bonchev–Trinajstić information content (AvgIpc) is 2.46. The molecule has 1 unspecified atom stereocenters. The van der Waals surface area contributed by atoms with Crippen molar-refractivity contribution in [1.82, 2.24) is 0 Å². The highest BCUT2D eigenvalue weighted by atomic mass is 19.4. The summed E-state index contributed by atoms with van der Waals surface area (Å²) in [5.74, 6) is -0.959. The minimum Gasteiger partial charge on any atom is -0.375 e. The number of rotatable bonds is 4. The van der Waals surface area contributed by atoms with Crippen LogP contribution in [0.5, 0.6) is 0 Å². The van der Waals surface area contributed by atoms with Crippen LogP contribution in [0.15, 0.2) is 48.5 Å². The van der Waals surface area contributed by atoms with E-state index in [2.05, 4.69) is 5.32 Å². The van der Waals surface area contributed by atoms with Crippen molar-refractivity contribution in [3.8, 4) is 0 Å². The highest BCUT2D eigenvalue weighted by Gasteiger charge is 2.31. The fourth-order valence-electron chi connectivity index (χ4n) is 1.96.